The molecule has 1 rings (SSSR count). The van der Waals surface area contributed by atoms with Crippen molar-refractivity contribution in [1.29, 1.82) is 0 Å². The number of likely N-dealkylation sites (N-methyl/N-ethyl adjacent to an activating group) is 1. The normalized spacial score (nSPS) is 12.5. The van der Waals surface area contributed by atoms with Crippen LogP contribution in [-0.4, -0.2) is 56.5 Å². The number of aliphatic hydroxyl groups is 1. The molecule has 1 aromatic rings. The molecule has 0 aliphatic heterocycles. The van der Waals surface area contributed by atoms with Crippen molar-refractivity contribution < 1.29 is 19.4 Å². The van der Waals surface area contributed by atoms with Gasteiger partial charge in [0.1, 0.15) is 0 Å². The van der Waals surface area contributed by atoms with Crippen LogP contribution in [0.1, 0.15) is 15.9 Å². The molecule has 5 heteroatoms. The minimum Gasteiger partial charge on any atom is -0.465 e. The van der Waals surface area contributed by atoms with E-state index in [1.165, 1.54) is 7.11 Å². The average Bonchev–Trinajstić information content (AvgIpc) is 2.38. The van der Waals surface area contributed by atoms with Gasteiger partial charge in [-0.15, -0.1) is 0 Å². The van der Waals surface area contributed by atoms with E-state index in [1.807, 2.05) is 24.1 Å². The van der Waals surface area contributed by atoms with Crippen LogP contribution in [0.2, 0.25) is 0 Å². The summed E-state index contributed by atoms with van der Waals surface area (Å²) in [5.74, 6) is -0.338. The molecule has 0 aromatic heterocycles. The Morgan fingerprint density at radius 2 is 1.95 bits per heavy atom. The first-order chi connectivity index (χ1) is 9.06. The zero-order valence-corrected chi connectivity index (χ0v) is 11.6. The summed E-state index contributed by atoms with van der Waals surface area (Å²) in [5, 5.41) is 9.62. The van der Waals surface area contributed by atoms with E-state index in [1.54, 1.807) is 19.2 Å². The molecule has 19 heavy (non-hydrogen) atoms. The number of carbonyl (C=O) groups excluding carboxylic acids is 1. The Bertz CT molecular complexity index is 391. The summed E-state index contributed by atoms with van der Waals surface area (Å²) in [5.41, 5.74) is 1.60. The number of hydrogen-bond acceptors (Lipinski definition) is 5. The van der Waals surface area contributed by atoms with Crippen molar-refractivity contribution in [3.05, 3.63) is 35.4 Å². The second-order valence-corrected chi connectivity index (χ2v) is 4.49. The Hall–Kier alpha value is -1.43. The predicted molar refractivity (Wildman–Crippen MR) is 72.0 cm³/mol. The quantitative estimate of drug-likeness (QED) is 0.744. The Labute approximate surface area is 113 Å². The van der Waals surface area contributed by atoms with Gasteiger partial charge < -0.3 is 14.6 Å². The van der Waals surface area contributed by atoms with Gasteiger partial charge in [0.2, 0.25) is 0 Å². The molecule has 1 unspecified atom stereocenters. The van der Waals surface area contributed by atoms with E-state index in [-0.39, 0.29) is 5.97 Å². The molecule has 5 nitrogen and oxygen atoms in total. The minimum atomic E-state index is -0.496. The van der Waals surface area contributed by atoms with E-state index in [4.69, 9.17) is 4.74 Å². The summed E-state index contributed by atoms with van der Waals surface area (Å²) >= 11 is 0. The van der Waals surface area contributed by atoms with Crippen LogP contribution < -0.4 is 0 Å². The first-order valence-corrected chi connectivity index (χ1v) is 6.09. The minimum absolute atomic E-state index is 0.325. The lowest BCUT2D eigenvalue weighted by molar-refractivity contribution is 0.0419. The van der Waals surface area contributed by atoms with Gasteiger partial charge in [-0.3, -0.25) is 4.90 Å². The van der Waals surface area contributed by atoms with Crippen molar-refractivity contribution in [3.63, 3.8) is 0 Å². The molecule has 1 aromatic carbocycles. The van der Waals surface area contributed by atoms with Crippen LogP contribution in [0.5, 0.6) is 0 Å². The van der Waals surface area contributed by atoms with E-state index in [9.17, 15) is 9.90 Å². The van der Waals surface area contributed by atoms with Crippen molar-refractivity contribution in [2.45, 2.75) is 12.6 Å². The molecular formula is C14H21NO4. The largest absolute Gasteiger partial charge is 0.465 e. The van der Waals surface area contributed by atoms with E-state index >= 15 is 0 Å². The van der Waals surface area contributed by atoms with Crippen molar-refractivity contribution in [3.8, 4) is 0 Å². The first-order valence-electron chi connectivity index (χ1n) is 6.09. The lowest BCUT2D eigenvalue weighted by atomic mass is 10.1. The number of methoxy groups -OCH3 is 2. The molecule has 106 valence electrons. The smallest absolute Gasteiger partial charge is 0.337 e. The highest BCUT2D eigenvalue weighted by Crippen LogP contribution is 2.08. The summed E-state index contributed by atoms with van der Waals surface area (Å²) < 4.78 is 9.52. The van der Waals surface area contributed by atoms with Gasteiger partial charge in [-0.05, 0) is 24.7 Å². The predicted octanol–water partition coefficient (Wildman–Crippen LogP) is 0.912. The van der Waals surface area contributed by atoms with E-state index in [0.717, 1.165) is 5.56 Å². The van der Waals surface area contributed by atoms with Gasteiger partial charge in [0.25, 0.3) is 0 Å². The third kappa shape index (κ3) is 5.38. The third-order valence-electron chi connectivity index (χ3n) is 2.71. The molecule has 0 aliphatic rings. The van der Waals surface area contributed by atoms with Crippen LogP contribution in [0.3, 0.4) is 0 Å². The SMILES string of the molecule is COCC(O)CN(C)Cc1ccc(C(=O)OC)cc1. The van der Waals surface area contributed by atoms with Crippen molar-refractivity contribution in [1.82, 2.24) is 4.90 Å². The Morgan fingerprint density at radius 1 is 1.32 bits per heavy atom. The molecule has 0 saturated heterocycles. The fourth-order valence-corrected chi connectivity index (χ4v) is 1.85. The maximum atomic E-state index is 11.3. The van der Waals surface area contributed by atoms with Crippen LogP contribution in [0.25, 0.3) is 0 Å². The second-order valence-electron chi connectivity index (χ2n) is 4.49. The summed E-state index contributed by atoms with van der Waals surface area (Å²) in [6.07, 6.45) is -0.496. The highest BCUT2D eigenvalue weighted by molar-refractivity contribution is 5.89. The fourth-order valence-electron chi connectivity index (χ4n) is 1.85. The van der Waals surface area contributed by atoms with Gasteiger partial charge >= 0.3 is 5.97 Å². The molecule has 0 aliphatic carbocycles. The number of hydrogen-bond donors (Lipinski definition) is 1. The van der Waals surface area contributed by atoms with Crippen molar-refractivity contribution in [2.75, 3.05) is 34.4 Å². The van der Waals surface area contributed by atoms with Crippen LogP contribution in [0.15, 0.2) is 24.3 Å². The molecular weight excluding hydrogens is 246 g/mol. The molecule has 0 saturated carbocycles. The molecule has 0 heterocycles. The zero-order chi connectivity index (χ0) is 14.3. The van der Waals surface area contributed by atoms with Crippen LogP contribution in [0.4, 0.5) is 0 Å². The summed E-state index contributed by atoms with van der Waals surface area (Å²) in [4.78, 5) is 13.3. The number of carbonyl (C=O) groups is 1. The maximum Gasteiger partial charge on any atom is 0.337 e. The van der Waals surface area contributed by atoms with E-state index < -0.39 is 6.10 Å². The van der Waals surface area contributed by atoms with Crippen LogP contribution in [-0.2, 0) is 16.0 Å². The molecule has 1 N–H and O–H groups in total. The van der Waals surface area contributed by atoms with Gasteiger partial charge in [-0.25, -0.2) is 4.79 Å². The molecule has 0 spiro atoms. The molecule has 1 atom stereocenters. The van der Waals surface area contributed by atoms with E-state index in [0.29, 0.717) is 25.3 Å². The standard InChI is InChI=1S/C14H21NO4/c1-15(9-13(16)10-18-2)8-11-4-6-12(7-5-11)14(17)19-3/h4-7,13,16H,8-10H2,1-3H3. The molecule has 0 bridgehead atoms. The summed E-state index contributed by atoms with van der Waals surface area (Å²) in [7, 11) is 4.85. The van der Waals surface area contributed by atoms with E-state index in [2.05, 4.69) is 4.74 Å². The molecule has 0 radical (unpaired) electrons. The lowest BCUT2D eigenvalue weighted by Crippen LogP contribution is -2.31. The van der Waals surface area contributed by atoms with Crippen LogP contribution in [0, 0.1) is 0 Å². The summed E-state index contributed by atoms with van der Waals surface area (Å²) in [6, 6.07) is 7.23. The number of esters is 1. The fraction of sp³-hybridized carbons (Fsp3) is 0.500. The molecule has 0 fully saturated rings. The zero-order valence-electron chi connectivity index (χ0n) is 11.6. The monoisotopic (exact) mass is 267 g/mol. The Balaban J connectivity index is 2.50. The number of nitrogens with zero attached hydrogens (tertiary/aromatic N) is 1. The van der Waals surface area contributed by atoms with Crippen molar-refractivity contribution in [2.24, 2.45) is 0 Å². The van der Waals surface area contributed by atoms with Gasteiger partial charge in [0.05, 0.1) is 25.4 Å². The van der Waals surface area contributed by atoms with Gasteiger partial charge in [0, 0.05) is 20.2 Å². The second kappa shape index (κ2) is 7.89. The van der Waals surface area contributed by atoms with Gasteiger partial charge in [0.15, 0.2) is 0 Å². The van der Waals surface area contributed by atoms with Gasteiger partial charge in [-0.2, -0.15) is 0 Å². The Kier molecular flexibility index (Phi) is 6.49. The highest BCUT2D eigenvalue weighted by Gasteiger charge is 2.09. The van der Waals surface area contributed by atoms with Crippen LogP contribution >= 0.6 is 0 Å². The lowest BCUT2D eigenvalue weighted by Gasteiger charge is -2.20. The topological polar surface area (TPSA) is 59.0 Å². The van der Waals surface area contributed by atoms with Gasteiger partial charge in [-0.1, -0.05) is 12.1 Å². The highest BCUT2D eigenvalue weighted by atomic mass is 16.5. The third-order valence-corrected chi connectivity index (χ3v) is 2.71. The number of benzene rings is 1. The molecule has 0 amide bonds. The number of aliphatic hydroxyl groups excluding tert-OH is 1. The number of rotatable bonds is 7. The Morgan fingerprint density at radius 3 is 2.47 bits per heavy atom. The maximum absolute atomic E-state index is 11.3. The van der Waals surface area contributed by atoms with Crippen molar-refractivity contribution >= 4 is 5.97 Å². The summed E-state index contributed by atoms with van der Waals surface area (Å²) in [6.45, 7) is 1.56. The average molecular weight is 267 g/mol. The first kappa shape index (κ1) is 15.6. The number of ether oxygens (including phenoxy) is 2.